The molecule has 0 aromatic rings. The molecular weight excluding hydrogens is 232 g/mol. The van der Waals surface area contributed by atoms with Crippen molar-refractivity contribution in [1.82, 2.24) is 10.6 Å². The number of piperidine rings is 1. The third-order valence-corrected chi connectivity index (χ3v) is 5.08. The van der Waals surface area contributed by atoms with Gasteiger partial charge in [0.1, 0.15) is 0 Å². The molecule has 17 heavy (non-hydrogen) atoms. The number of carbonyl (C=O) groups is 1. The maximum Gasteiger partial charge on any atom is 0.223 e. The number of amides is 1. The van der Waals surface area contributed by atoms with Crippen molar-refractivity contribution in [1.29, 1.82) is 0 Å². The number of rotatable bonds is 4. The third kappa shape index (κ3) is 3.88. The van der Waals surface area contributed by atoms with Crippen LogP contribution in [0.3, 0.4) is 0 Å². The first-order valence-corrected chi connectivity index (χ1v) is 7.97. The van der Waals surface area contributed by atoms with Crippen LogP contribution in [0, 0.1) is 5.92 Å². The zero-order valence-electron chi connectivity index (χ0n) is 10.7. The predicted molar refractivity (Wildman–Crippen MR) is 73.3 cm³/mol. The first kappa shape index (κ1) is 13.2. The van der Waals surface area contributed by atoms with Gasteiger partial charge in [-0.05, 0) is 50.9 Å². The summed E-state index contributed by atoms with van der Waals surface area (Å²) in [6.07, 6.45) is 5.64. The summed E-state index contributed by atoms with van der Waals surface area (Å²) in [5.74, 6) is 1.76. The van der Waals surface area contributed by atoms with Crippen molar-refractivity contribution in [2.45, 2.75) is 50.3 Å². The van der Waals surface area contributed by atoms with E-state index in [1.807, 2.05) is 11.8 Å². The quantitative estimate of drug-likeness (QED) is 0.805. The standard InChI is InChI=1S/C13H24N2OS/c1-2-17-12-4-3-11(9-12)15-13(16)10-5-7-14-8-6-10/h10-12,14H,2-9H2,1H3,(H,15,16). The monoisotopic (exact) mass is 256 g/mol. The molecule has 2 unspecified atom stereocenters. The zero-order chi connectivity index (χ0) is 12.1. The molecule has 0 aromatic carbocycles. The third-order valence-electron chi connectivity index (χ3n) is 3.84. The lowest BCUT2D eigenvalue weighted by molar-refractivity contribution is -0.126. The molecule has 1 aliphatic heterocycles. The van der Waals surface area contributed by atoms with E-state index in [0.29, 0.717) is 11.9 Å². The molecule has 0 radical (unpaired) electrons. The minimum atomic E-state index is 0.258. The topological polar surface area (TPSA) is 41.1 Å². The Kier molecular flexibility index (Phi) is 5.16. The average molecular weight is 256 g/mol. The Hall–Kier alpha value is -0.220. The second kappa shape index (κ2) is 6.64. The molecule has 3 nitrogen and oxygen atoms in total. The Morgan fingerprint density at radius 2 is 2.06 bits per heavy atom. The molecule has 1 amide bonds. The lowest BCUT2D eigenvalue weighted by atomic mass is 9.97. The number of thioether (sulfide) groups is 1. The van der Waals surface area contributed by atoms with E-state index >= 15 is 0 Å². The summed E-state index contributed by atoms with van der Waals surface area (Å²) in [4.78, 5) is 12.1. The maximum absolute atomic E-state index is 12.1. The average Bonchev–Trinajstić information content (AvgIpc) is 2.78. The molecule has 1 aliphatic carbocycles. The van der Waals surface area contributed by atoms with E-state index < -0.39 is 0 Å². The van der Waals surface area contributed by atoms with Gasteiger partial charge in [0.15, 0.2) is 0 Å². The van der Waals surface area contributed by atoms with Crippen LogP contribution in [0.5, 0.6) is 0 Å². The van der Waals surface area contributed by atoms with E-state index in [2.05, 4.69) is 17.6 Å². The van der Waals surface area contributed by atoms with Gasteiger partial charge in [-0.1, -0.05) is 6.92 Å². The van der Waals surface area contributed by atoms with E-state index in [4.69, 9.17) is 0 Å². The second-order valence-corrected chi connectivity index (χ2v) is 6.70. The van der Waals surface area contributed by atoms with Crippen LogP contribution in [0.25, 0.3) is 0 Å². The molecule has 0 spiro atoms. The van der Waals surface area contributed by atoms with E-state index in [0.717, 1.165) is 31.2 Å². The maximum atomic E-state index is 12.1. The fourth-order valence-electron chi connectivity index (χ4n) is 2.86. The summed E-state index contributed by atoms with van der Waals surface area (Å²) in [7, 11) is 0. The molecule has 2 aliphatic rings. The van der Waals surface area contributed by atoms with Crippen LogP contribution >= 0.6 is 11.8 Å². The number of hydrogen-bond donors (Lipinski definition) is 2. The van der Waals surface area contributed by atoms with Gasteiger partial charge in [-0.2, -0.15) is 11.8 Å². The lowest BCUT2D eigenvalue weighted by Crippen LogP contribution is -2.41. The number of nitrogens with one attached hydrogen (secondary N) is 2. The summed E-state index contributed by atoms with van der Waals surface area (Å²) in [6, 6.07) is 0.446. The minimum absolute atomic E-state index is 0.258. The Morgan fingerprint density at radius 3 is 2.76 bits per heavy atom. The van der Waals surface area contributed by atoms with Crippen LogP contribution in [0.15, 0.2) is 0 Å². The van der Waals surface area contributed by atoms with Gasteiger partial charge in [0, 0.05) is 17.2 Å². The highest BCUT2D eigenvalue weighted by atomic mass is 32.2. The van der Waals surface area contributed by atoms with Crippen LogP contribution in [0.1, 0.15) is 39.0 Å². The fraction of sp³-hybridized carbons (Fsp3) is 0.923. The van der Waals surface area contributed by atoms with Gasteiger partial charge < -0.3 is 10.6 Å². The normalized spacial score (nSPS) is 30.4. The molecule has 2 atom stereocenters. The molecule has 98 valence electrons. The Bertz CT molecular complexity index is 254. The van der Waals surface area contributed by atoms with Gasteiger partial charge >= 0.3 is 0 Å². The molecule has 1 heterocycles. The molecular formula is C13H24N2OS. The highest BCUT2D eigenvalue weighted by molar-refractivity contribution is 7.99. The van der Waals surface area contributed by atoms with Gasteiger partial charge in [0.25, 0.3) is 0 Å². The summed E-state index contributed by atoms with van der Waals surface area (Å²) in [5, 5.41) is 7.34. The molecule has 2 rings (SSSR count). The van der Waals surface area contributed by atoms with Crippen molar-refractivity contribution in [2.24, 2.45) is 5.92 Å². The van der Waals surface area contributed by atoms with Gasteiger partial charge in [0.2, 0.25) is 5.91 Å². The summed E-state index contributed by atoms with van der Waals surface area (Å²) < 4.78 is 0. The van der Waals surface area contributed by atoms with Crippen molar-refractivity contribution in [3.05, 3.63) is 0 Å². The molecule has 2 N–H and O–H groups in total. The van der Waals surface area contributed by atoms with E-state index in [1.54, 1.807) is 0 Å². The Morgan fingerprint density at radius 1 is 1.29 bits per heavy atom. The Balaban J connectivity index is 1.71. The van der Waals surface area contributed by atoms with Crippen LogP contribution in [-0.2, 0) is 4.79 Å². The van der Waals surface area contributed by atoms with Crippen molar-refractivity contribution in [3.8, 4) is 0 Å². The lowest BCUT2D eigenvalue weighted by Gasteiger charge is -2.23. The highest BCUT2D eigenvalue weighted by Gasteiger charge is 2.28. The summed E-state index contributed by atoms with van der Waals surface area (Å²) >= 11 is 2.04. The fourth-order valence-corrected chi connectivity index (χ4v) is 4.00. The summed E-state index contributed by atoms with van der Waals surface area (Å²) in [5.41, 5.74) is 0. The van der Waals surface area contributed by atoms with Crippen LogP contribution < -0.4 is 10.6 Å². The van der Waals surface area contributed by atoms with E-state index in [-0.39, 0.29) is 5.92 Å². The van der Waals surface area contributed by atoms with Crippen molar-refractivity contribution < 1.29 is 4.79 Å². The largest absolute Gasteiger partial charge is 0.353 e. The van der Waals surface area contributed by atoms with Gasteiger partial charge in [-0.3, -0.25) is 4.79 Å². The predicted octanol–water partition coefficient (Wildman–Crippen LogP) is 1.78. The highest BCUT2D eigenvalue weighted by Crippen LogP contribution is 2.30. The molecule has 1 saturated heterocycles. The van der Waals surface area contributed by atoms with E-state index in [1.165, 1.54) is 25.0 Å². The molecule has 4 heteroatoms. The van der Waals surface area contributed by atoms with Gasteiger partial charge in [0.05, 0.1) is 0 Å². The zero-order valence-corrected chi connectivity index (χ0v) is 11.5. The first-order chi connectivity index (χ1) is 8.29. The molecule has 2 fully saturated rings. The van der Waals surface area contributed by atoms with Crippen molar-refractivity contribution >= 4 is 17.7 Å². The molecule has 0 bridgehead atoms. The minimum Gasteiger partial charge on any atom is -0.353 e. The first-order valence-electron chi connectivity index (χ1n) is 6.92. The number of hydrogen-bond acceptors (Lipinski definition) is 3. The van der Waals surface area contributed by atoms with Crippen molar-refractivity contribution in [2.75, 3.05) is 18.8 Å². The Labute approximate surface area is 108 Å². The van der Waals surface area contributed by atoms with E-state index in [9.17, 15) is 4.79 Å². The second-order valence-electron chi connectivity index (χ2n) is 5.12. The summed E-state index contributed by atoms with van der Waals surface area (Å²) in [6.45, 7) is 4.21. The SMILES string of the molecule is CCSC1CCC(NC(=O)C2CCNCC2)C1. The van der Waals surface area contributed by atoms with Crippen LogP contribution in [0.4, 0.5) is 0 Å². The van der Waals surface area contributed by atoms with Crippen molar-refractivity contribution in [3.63, 3.8) is 0 Å². The number of carbonyl (C=O) groups excluding carboxylic acids is 1. The van der Waals surface area contributed by atoms with Crippen LogP contribution in [0.2, 0.25) is 0 Å². The van der Waals surface area contributed by atoms with Crippen LogP contribution in [-0.4, -0.2) is 36.0 Å². The smallest absolute Gasteiger partial charge is 0.223 e. The molecule has 1 saturated carbocycles. The van der Waals surface area contributed by atoms with Gasteiger partial charge in [-0.25, -0.2) is 0 Å². The molecule has 0 aromatic heterocycles. The van der Waals surface area contributed by atoms with Gasteiger partial charge in [-0.15, -0.1) is 0 Å².